The van der Waals surface area contributed by atoms with Crippen molar-refractivity contribution >= 4 is 11.2 Å². The lowest BCUT2D eigenvalue weighted by Gasteiger charge is -2.34. The van der Waals surface area contributed by atoms with Crippen LogP contribution in [0.1, 0.15) is 44.5 Å². The first-order valence-electron chi connectivity index (χ1n) is 9.12. The van der Waals surface area contributed by atoms with Crippen LogP contribution in [0.3, 0.4) is 0 Å². The second-order valence-electron chi connectivity index (χ2n) is 6.93. The predicted octanol–water partition coefficient (Wildman–Crippen LogP) is 2.59. The van der Waals surface area contributed by atoms with Gasteiger partial charge in [-0.3, -0.25) is 4.90 Å². The lowest BCUT2D eigenvalue weighted by atomic mass is 10.0. The number of rotatable bonds is 4. The molecule has 0 spiro atoms. The second-order valence-corrected chi connectivity index (χ2v) is 6.93. The molecule has 2 fully saturated rings. The van der Waals surface area contributed by atoms with Gasteiger partial charge in [0, 0.05) is 12.7 Å². The van der Waals surface area contributed by atoms with Crippen LogP contribution in [-0.4, -0.2) is 45.6 Å². The summed E-state index contributed by atoms with van der Waals surface area (Å²) < 4.78 is 2.42. The number of aromatic nitrogens is 3. The molecule has 0 saturated carbocycles. The number of fused-ring (bicyclic) bond motifs is 1. The Hall–Kier alpha value is -1.46. The fraction of sp³-hybridized carbons (Fsp3) is 0.667. The Morgan fingerprint density at radius 1 is 1.30 bits per heavy atom. The Labute approximate surface area is 138 Å². The SMILES string of the molecule is CCN1CCCCC1c1nc2cccnc2n1CC1CCNC1. The van der Waals surface area contributed by atoms with Gasteiger partial charge in [-0.25, -0.2) is 9.97 Å². The van der Waals surface area contributed by atoms with Crippen molar-refractivity contribution in [1.29, 1.82) is 0 Å². The van der Waals surface area contributed by atoms with E-state index in [1.54, 1.807) is 0 Å². The average Bonchev–Trinajstić information content (AvgIpc) is 3.23. The van der Waals surface area contributed by atoms with Crippen LogP contribution in [-0.2, 0) is 6.54 Å². The van der Waals surface area contributed by atoms with Crippen LogP contribution in [0.15, 0.2) is 18.3 Å². The topological polar surface area (TPSA) is 46.0 Å². The summed E-state index contributed by atoms with van der Waals surface area (Å²) in [6.45, 7) is 7.88. The molecule has 2 aliphatic rings. The van der Waals surface area contributed by atoms with E-state index in [4.69, 9.17) is 4.98 Å². The Morgan fingerprint density at radius 2 is 2.26 bits per heavy atom. The third kappa shape index (κ3) is 2.88. The van der Waals surface area contributed by atoms with E-state index >= 15 is 0 Å². The number of hydrogen-bond donors (Lipinski definition) is 1. The van der Waals surface area contributed by atoms with E-state index in [1.807, 2.05) is 12.3 Å². The van der Waals surface area contributed by atoms with Crippen LogP contribution >= 0.6 is 0 Å². The molecule has 2 aromatic heterocycles. The molecule has 4 heterocycles. The zero-order chi connectivity index (χ0) is 15.6. The highest BCUT2D eigenvalue weighted by atomic mass is 15.2. The molecule has 2 saturated heterocycles. The smallest absolute Gasteiger partial charge is 0.160 e. The minimum absolute atomic E-state index is 0.456. The molecule has 23 heavy (non-hydrogen) atoms. The summed E-state index contributed by atoms with van der Waals surface area (Å²) in [7, 11) is 0. The zero-order valence-electron chi connectivity index (χ0n) is 14.0. The van der Waals surface area contributed by atoms with Crippen molar-refractivity contribution in [2.24, 2.45) is 5.92 Å². The van der Waals surface area contributed by atoms with Gasteiger partial charge in [-0.1, -0.05) is 13.3 Å². The van der Waals surface area contributed by atoms with Gasteiger partial charge in [-0.15, -0.1) is 0 Å². The summed E-state index contributed by atoms with van der Waals surface area (Å²) in [6, 6.07) is 4.56. The van der Waals surface area contributed by atoms with E-state index < -0.39 is 0 Å². The van der Waals surface area contributed by atoms with E-state index in [0.717, 1.165) is 37.3 Å². The summed E-state index contributed by atoms with van der Waals surface area (Å²) in [5, 5.41) is 3.49. The molecule has 5 heteroatoms. The van der Waals surface area contributed by atoms with Gasteiger partial charge >= 0.3 is 0 Å². The maximum absolute atomic E-state index is 5.01. The minimum Gasteiger partial charge on any atom is -0.316 e. The van der Waals surface area contributed by atoms with Gasteiger partial charge in [0.05, 0.1) is 6.04 Å². The van der Waals surface area contributed by atoms with Crippen molar-refractivity contribution in [2.75, 3.05) is 26.2 Å². The number of imidazole rings is 1. The quantitative estimate of drug-likeness (QED) is 0.942. The van der Waals surface area contributed by atoms with E-state index in [9.17, 15) is 0 Å². The van der Waals surface area contributed by atoms with Crippen LogP contribution in [0, 0.1) is 5.92 Å². The molecule has 2 unspecified atom stereocenters. The van der Waals surface area contributed by atoms with Crippen LogP contribution in [0.2, 0.25) is 0 Å². The van der Waals surface area contributed by atoms with Gasteiger partial charge in [-0.05, 0) is 63.5 Å². The zero-order valence-corrected chi connectivity index (χ0v) is 14.0. The number of piperidine rings is 1. The summed E-state index contributed by atoms with van der Waals surface area (Å²) in [6.07, 6.45) is 7.00. The van der Waals surface area contributed by atoms with E-state index in [-0.39, 0.29) is 0 Å². The maximum Gasteiger partial charge on any atom is 0.160 e. The maximum atomic E-state index is 5.01. The molecular formula is C18H27N5. The number of pyridine rings is 1. The summed E-state index contributed by atoms with van der Waals surface area (Å²) >= 11 is 0. The lowest BCUT2D eigenvalue weighted by molar-refractivity contribution is 0.146. The first-order chi connectivity index (χ1) is 11.4. The first-order valence-corrected chi connectivity index (χ1v) is 9.12. The average molecular weight is 313 g/mol. The van der Waals surface area contributed by atoms with Crippen molar-refractivity contribution in [3.05, 3.63) is 24.2 Å². The van der Waals surface area contributed by atoms with Crippen LogP contribution in [0.25, 0.3) is 11.2 Å². The molecule has 4 rings (SSSR count). The highest BCUT2D eigenvalue weighted by Crippen LogP contribution is 2.32. The standard InChI is InChI=1S/C18H27N5/c1-2-22-11-4-3-7-16(22)18-21-15-6-5-9-20-17(15)23(18)13-14-8-10-19-12-14/h5-6,9,14,16,19H,2-4,7-8,10-13H2,1H3. The van der Waals surface area contributed by atoms with E-state index in [2.05, 4.69) is 32.8 Å². The van der Waals surface area contributed by atoms with Gasteiger partial charge in [0.2, 0.25) is 0 Å². The fourth-order valence-corrected chi connectivity index (χ4v) is 4.20. The van der Waals surface area contributed by atoms with E-state index in [0.29, 0.717) is 12.0 Å². The highest BCUT2D eigenvalue weighted by molar-refractivity contribution is 5.71. The molecule has 0 aliphatic carbocycles. The summed E-state index contributed by atoms with van der Waals surface area (Å²) in [5.74, 6) is 1.94. The second kappa shape index (κ2) is 6.57. The number of nitrogens with zero attached hydrogens (tertiary/aromatic N) is 4. The highest BCUT2D eigenvalue weighted by Gasteiger charge is 2.29. The molecule has 0 bridgehead atoms. The Morgan fingerprint density at radius 3 is 3.09 bits per heavy atom. The molecule has 1 N–H and O–H groups in total. The molecule has 124 valence electrons. The number of nitrogens with one attached hydrogen (secondary N) is 1. The van der Waals surface area contributed by atoms with E-state index in [1.165, 1.54) is 38.1 Å². The van der Waals surface area contributed by atoms with Gasteiger partial charge in [0.25, 0.3) is 0 Å². The van der Waals surface area contributed by atoms with Crippen LogP contribution < -0.4 is 5.32 Å². The van der Waals surface area contributed by atoms with Gasteiger partial charge in [0.1, 0.15) is 11.3 Å². The molecule has 0 aromatic carbocycles. The monoisotopic (exact) mass is 313 g/mol. The van der Waals surface area contributed by atoms with Gasteiger partial charge < -0.3 is 9.88 Å². The minimum atomic E-state index is 0.456. The molecule has 2 atom stereocenters. The predicted molar refractivity (Wildman–Crippen MR) is 92.3 cm³/mol. The van der Waals surface area contributed by atoms with Crippen molar-refractivity contribution in [3.8, 4) is 0 Å². The Balaban J connectivity index is 1.74. The number of likely N-dealkylation sites (tertiary alicyclic amines) is 1. The van der Waals surface area contributed by atoms with Crippen molar-refractivity contribution < 1.29 is 0 Å². The lowest BCUT2D eigenvalue weighted by Crippen LogP contribution is -2.35. The first kappa shape index (κ1) is 15.1. The Bertz CT molecular complexity index is 658. The fourth-order valence-electron chi connectivity index (χ4n) is 4.20. The van der Waals surface area contributed by atoms with Crippen molar-refractivity contribution in [3.63, 3.8) is 0 Å². The summed E-state index contributed by atoms with van der Waals surface area (Å²) in [4.78, 5) is 12.3. The molecular weight excluding hydrogens is 286 g/mol. The van der Waals surface area contributed by atoms with Crippen LogP contribution in [0.4, 0.5) is 0 Å². The van der Waals surface area contributed by atoms with Gasteiger partial charge in [-0.2, -0.15) is 0 Å². The third-order valence-electron chi connectivity index (χ3n) is 5.45. The Kier molecular flexibility index (Phi) is 4.31. The molecule has 5 nitrogen and oxygen atoms in total. The third-order valence-corrected chi connectivity index (χ3v) is 5.45. The van der Waals surface area contributed by atoms with Crippen molar-refractivity contribution in [2.45, 2.75) is 45.2 Å². The van der Waals surface area contributed by atoms with Crippen molar-refractivity contribution in [1.82, 2.24) is 24.8 Å². The van der Waals surface area contributed by atoms with Crippen LogP contribution in [0.5, 0.6) is 0 Å². The molecule has 2 aliphatic heterocycles. The largest absolute Gasteiger partial charge is 0.316 e. The summed E-state index contributed by atoms with van der Waals surface area (Å²) in [5.41, 5.74) is 2.12. The molecule has 0 amide bonds. The molecule has 2 aromatic rings. The molecule has 0 radical (unpaired) electrons. The van der Waals surface area contributed by atoms with Gasteiger partial charge in [0.15, 0.2) is 5.65 Å². The normalized spacial score (nSPS) is 26.1. The number of hydrogen-bond acceptors (Lipinski definition) is 4.